The van der Waals surface area contributed by atoms with E-state index in [2.05, 4.69) is 4.98 Å². The molecule has 216 valence electrons. The minimum atomic E-state index is -5.55. The van der Waals surface area contributed by atoms with Crippen molar-refractivity contribution in [1.82, 2.24) is 14.8 Å². The SMILES string of the molecule is CC1(C(=O)N2CCCC2(C)C)C=CC(c2ccc(OCC3CCN(CC(F)(F)C(F)(F)F)CC3)cn2)=CC1F. The van der Waals surface area contributed by atoms with E-state index in [-0.39, 0.29) is 37.1 Å². The number of hydrogen-bond acceptors (Lipinski definition) is 4. The predicted molar refractivity (Wildman–Crippen MR) is 135 cm³/mol. The minimum absolute atomic E-state index is 0.0208. The maximum Gasteiger partial charge on any atom is 0.454 e. The topological polar surface area (TPSA) is 45.7 Å². The highest BCUT2D eigenvalue weighted by atomic mass is 19.4. The fourth-order valence-electron chi connectivity index (χ4n) is 5.41. The smallest absolute Gasteiger partial charge is 0.454 e. The van der Waals surface area contributed by atoms with E-state index in [0.717, 1.165) is 17.7 Å². The molecule has 5 nitrogen and oxygen atoms in total. The molecule has 11 heteroatoms. The van der Waals surface area contributed by atoms with Crippen molar-refractivity contribution in [2.24, 2.45) is 11.3 Å². The largest absolute Gasteiger partial charge is 0.492 e. The van der Waals surface area contributed by atoms with Gasteiger partial charge < -0.3 is 9.64 Å². The first-order valence-corrected chi connectivity index (χ1v) is 13.3. The Labute approximate surface area is 224 Å². The molecule has 0 bridgehead atoms. The maximum absolute atomic E-state index is 15.4. The number of aromatic nitrogens is 1. The monoisotopic (exact) mass is 559 g/mol. The summed E-state index contributed by atoms with van der Waals surface area (Å²) in [7, 11) is 0. The third kappa shape index (κ3) is 6.28. The molecule has 1 amide bonds. The van der Waals surface area contributed by atoms with Crippen LogP contribution in [-0.4, -0.2) is 77.3 Å². The second-order valence-corrected chi connectivity index (χ2v) is 11.6. The summed E-state index contributed by atoms with van der Waals surface area (Å²) in [6.45, 7) is 5.47. The predicted octanol–water partition coefficient (Wildman–Crippen LogP) is 6.07. The molecule has 2 fully saturated rings. The van der Waals surface area contributed by atoms with Crippen LogP contribution < -0.4 is 4.74 Å². The number of carbonyl (C=O) groups excluding carboxylic acids is 1. The number of piperidine rings is 1. The van der Waals surface area contributed by atoms with Crippen molar-refractivity contribution in [1.29, 1.82) is 0 Å². The quantitative estimate of drug-likeness (QED) is 0.381. The molecule has 4 rings (SSSR count). The maximum atomic E-state index is 15.4. The van der Waals surface area contributed by atoms with Gasteiger partial charge in [0.1, 0.15) is 11.9 Å². The van der Waals surface area contributed by atoms with E-state index in [1.165, 1.54) is 12.3 Å². The van der Waals surface area contributed by atoms with Crippen LogP contribution in [0.2, 0.25) is 0 Å². The fourth-order valence-corrected chi connectivity index (χ4v) is 5.41. The standard InChI is InChI=1S/C28H35F6N3O2/c1-25(2)10-4-12-37(25)24(38)26(3)11-7-20(15-23(26)29)22-6-5-21(16-35-22)39-17-19-8-13-36(14-9-19)18-27(30,31)28(32,33)34/h5-7,11,15-16,19,23H,4,8-10,12-14,17-18H2,1-3H3. The van der Waals surface area contributed by atoms with Crippen molar-refractivity contribution >= 4 is 11.5 Å². The number of likely N-dealkylation sites (tertiary alicyclic amines) is 2. The highest BCUT2D eigenvalue weighted by molar-refractivity contribution is 5.89. The van der Waals surface area contributed by atoms with E-state index in [9.17, 15) is 26.7 Å². The number of nitrogens with zero attached hydrogens (tertiary/aromatic N) is 3. The lowest BCUT2D eigenvalue weighted by Gasteiger charge is -2.39. The molecule has 2 unspecified atom stereocenters. The van der Waals surface area contributed by atoms with Gasteiger partial charge in [0.15, 0.2) is 0 Å². The van der Waals surface area contributed by atoms with Gasteiger partial charge in [-0.2, -0.15) is 22.0 Å². The van der Waals surface area contributed by atoms with Crippen molar-refractivity contribution in [2.75, 3.05) is 32.8 Å². The lowest BCUT2D eigenvalue weighted by Crippen LogP contribution is -2.52. The Morgan fingerprint density at radius 2 is 1.79 bits per heavy atom. The van der Waals surface area contributed by atoms with Crippen LogP contribution in [-0.2, 0) is 4.79 Å². The summed E-state index contributed by atoms with van der Waals surface area (Å²) >= 11 is 0. The average Bonchev–Trinajstić information content (AvgIpc) is 3.23. The fraction of sp³-hybridized carbons (Fsp3) is 0.643. The number of alkyl halides is 6. The molecule has 2 saturated heterocycles. The van der Waals surface area contributed by atoms with Gasteiger partial charge >= 0.3 is 12.1 Å². The molecule has 1 aliphatic carbocycles. The Hall–Kier alpha value is -2.56. The number of halogens is 6. The van der Waals surface area contributed by atoms with E-state index in [1.807, 2.05) is 13.8 Å². The molecule has 0 spiro atoms. The van der Waals surface area contributed by atoms with Crippen LogP contribution in [0.1, 0.15) is 52.1 Å². The van der Waals surface area contributed by atoms with E-state index in [4.69, 9.17) is 4.74 Å². The summed E-state index contributed by atoms with van der Waals surface area (Å²) in [5.41, 5.74) is -0.501. The van der Waals surface area contributed by atoms with Crippen LogP contribution in [0.4, 0.5) is 26.3 Å². The molecule has 2 aliphatic heterocycles. The molecule has 1 aromatic heterocycles. The number of ether oxygens (including phenoxy) is 1. The van der Waals surface area contributed by atoms with Crippen molar-refractivity contribution in [3.8, 4) is 5.75 Å². The van der Waals surface area contributed by atoms with Gasteiger partial charge in [0.2, 0.25) is 5.91 Å². The van der Waals surface area contributed by atoms with Crippen LogP contribution in [0.5, 0.6) is 5.75 Å². The average molecular weight is 560 g/mol. The lowest BCUT2D eigenvalue weighted by atomic mass is 9.78. The van der Waals surface area contributed by atoms with E-state index in [0.29, 0.717) is 36.4 Å². The Kier molecular flexibility index (Phi) is 8.13. The molecule has 1 aromatic rings. The first-order valence-electron chi connectivity index (χ1n) is 13.3. The van der Waals surface area contributed by atoms with Gasteiger partial charge in [0.25, 0.3) is 0 Å². The normalized spacial score (nSPS) is 26.5. The van der Waals surface area contributed by atoms with Crippen LogP contribution >= 0.6 is 0 Å². The molecule has 0 radical (unpaired) electrons. The lowest BCUT2D eigenvalue weighted by molar-refractivity contribution is -0.287. The summed E-state index contributed by atoms with van der Waals surface area (Å²) in [5.74, 6) is -4.46. The van der Waals surface area contributed by atoms with Gasteiger partial charge in [-0.05, 0) is 89.2 Å². The first kappa shape index (κ1) is 29.4. The minimum Gasteiger partial charge on any atom is -0.492 e. The molecule has 0 N–H and O–H groups in total. The van der Waals surface area contributed by atoms with Crippen LogP contribution in [0.25, 0.3) is 5.57 Å². The zero-order valence-corrected chi connectivity index (χ0v) is 22.4. The molecule has 39 heavy (non-hydrogen) atoms. The summed E-state index contributed by atoms with van der Waals surface area (Å²) in [6.07, 6.45) is 1.86. The second-order valence-electron chi connectivity index (χ2n) is 11.6. The molecular weight excluding hydrogens is 524 g/mol. The molecule has 0 saturated carbocycles. The Balaban J connectivity index is 1.28. The van der Waals surface area contributed by atoms with Crippen molar-refractivity contribution < 1.29 is 35.9 Å². The first-order chi connectivity index (χ1) is 18.1. The molecular formula is C28H35F6N3O2. The number of allylic oxidation sites excluding steroid dienone is 3. The number of pyridine rings is 1. The summed E-state index contributed by atoms with van der Waals surface area (Å²) in [5, 5.41) is 0. The zero-order valence-electron chi connectivity index (χ0n) is 22.4. The summed E-state index contributed by atoms with van der Waals surface area (Å²) in [6, 6.07) is 3.38. The summed E-state index contributed by atoms with van der Waals surface area (Å²) < 4.78 is 85.1. The Morgan fingerprint density at radius 3 is 2.33 bits per heavy atom. The highest BCUT2D eigenvalue weighted by Crippen LogP contribution is 2.41. The Morgan fingerprint density at radius 1 is 1.10 bits per heavy atom. The second kappa shape index (κ2) is 10.8. The van der Waals surface area contributed by atoms with Gasteiger partial charge in [0.05, 0.1) is 30.5 Å². The third-order valence-electron chi connectivity index (χ3n) is 8.18. The van der Waals surface area contributed by atoms with Gasteiger partial charge in [-0.3, -0.25) is 14.7 Å². The van der Waals surface area contributed by atoms with Crippen molar-refractivity contribution in [3.05, 3.63) is 42.3 Å². The van der Waals surface area contributed by atoms with Crippen molar-refractivity contribution in [2.45, 2.75) is 70.3 Å². The summed E-state index contributed by atoms with van der Waals surface area (Å²) in [4.78, 5) is 20.5. The molecule has 3 heterocycles. The number of carbonyl (C=O) groups is 1. The van der Waals surface area contributed by atoms with Gasteiger partial charge in [-0.15, -0.1) is 0 Å². The van der Waals surface area contributed by atoms with E-state index < -0.39 is 30.2 Å². The Bertz CT molecular complexity index is 1090. The van der Waals surface area contributed by atoms with Crippen LogP contribution in [0.3, 0.4) is 0 Å². The molecule has 0 aromatic carbocycles. The van der Waals surface area contributed by atoms with Gasteiger partial charge in [-0.25, -0.2) is 4.39 Å². The number of amides is 1. The number of hydrogen-bond donors (Lipinski definition) is 0. The highest BCUT2D eigenvalue weighted by Gasteiger charge is 2.58. The van der Waals surface area contributed by atoms with E-state index in [1.54, 1.807) is 36.1 Å². The van der Waals surface area contributed by atoms with Gasteiger partial charge in [-0.1, -0.05) is 12.2 Å². The van der Waals surface area contributed by atoms with Crippen LogP contribution in [0, 0.1) is 11.3 Å². The van der Waals surface area contributed by atoms with Gasteiger partial charge in [0, 0.05) is 12.1 Å². The molecule has 3 aliphatic rings. The third-order valence-corrected chi connectivity index (χ3v) is 8.18. The van der Waals surface area contributed by atoms with Crippen molar-refractivity contribution in [3.63, 3.8) is 0 Å². The van der Waals surface area contributed by atoms with Crippen LogP contribution in [0.15, 0.2) is 36.6 Å². The molecule has 2 atom stereocenters. The number of rotatable bonds is 7. The zero-order chi connectivity index (χ0) is 28.6. The van der Waals surface area contributed by atoms with E-state index >= 15 is 4.39 Å².